The van der Waals surface area contributed by atoms with Crippen molar-refractivity contribution in [3.8, 4) is 5.75 Å². The van der Waals surface area contributed by atoms with Crippen LogP contribution in [0.1, 0.15) is 5.56 Å². The van der Waals surface area contributed by atoms with Gasteiger partial charge in [0.25, 0.3) is 0 Å². The summed E-state index contributed by atoms with van der Waals surface area (Å²) in [6.45, 7) is 1.64. The van der Waals surface area contributed by atoms with E-state index in [0.29, 0.717) is 5.56 Å². The molecular weight excluding hydrogens is 151 g/mol. The average Bonchev–Trinajstić information content (AvgIpc) is 1.95. The maximum absolute atomic E-state index is 12.4. The smallest absolute Gasteiger partial charge is 0.171 e. The van der Waals surface area contributed by atoms with E-state index in [1.165, 1.54) is 18.2 Å². The van der Waals surface area contributed by atoms with E-state index < -0.39 is 0 Å². The van der Waals surface area contributed by atoms with E-state index >= 15 is 0 Å². The maximum Gasteiger partial charge on any atom is 0.171 e. The molecule has 0 spiro atoms. The van der Waals surface area contributed by atoms with E-state index in [2.05, 4.69) is 9.93 Å². The molecule has 60 valence electrons. The molecule has 0 heterocycles. The molecule has 0 unspecified atom stereocenters. The van der Waals surface area contributed by atoms with Crippen molar-refractivity contribution in [1.82, 2.24) is 0 Å². The third-order valence-electron chi connectivity index (χ3n) is 1.26. The van der Waals surface area contributed by atoms with Crippen LogP contribution >= 0.6 is 0 Å². The average molecular weight is 158 g/mol. The highest BCUT2D eigenvalue weighted by atomic mass is 19.1. The van der Waals surface area contributed by atoms with Crippen LogP contribution in [0.2, 0.25) is 0 Å². The second kappa shape index (κ2) is 3.32. The molecule has 1 rings (SSSR count). The quantitative estimate of drug-likeness (QED) is 0.527. The second-order valence-corrected chi connectivity index (χ2v) is 2.07. The van der Waals surface area contributed by atoms with E-state index in [0.717, 1.165) is 0 Å². The Morgan fingerprint density at radius 2 is 2.18 bits per heavy atom. The van der Waals surface area contributed by atoms with E-state index in [4.69, 9.17) is 5.26 Å². The van der Waals surface area contributed by atoms with Gasteiger partial charge >= 0.3 is 0 Å². The summed E-state index contributed by atoms with van der Waals surface area (Å²) in [4.78, 5) is 4.28. The normalized spacial score (nSPS) is 9.73. The fourth-order valence-corrected chi connectivity index (χ4v) is 0.746. The summed E-state index contributed by atoms with van der Waals surface area (Å²) in [6.07, 6.45) is 0. The Morgan fingerprint density at radius 1 is 1.45 bits per heavy atom. The summed E-state index contributed by atoms with van der Waals surface area (Å²) in [5.74, 6) is -0.0679. The summed E-state index contributed by atoms with van der Waals surface area (Å²) in [5.41, 5.74) is 0.555. The Labute approximate surface area is 62.8 Å². The van der Waals surface area contributed by atoms with E-state index in [1.807, 2.05) is 0 Å². The lowest BCUT2D eigenvalue weighted by Gasteiger charge is -2.01. The zero-order chi connectivity index (χ0) is 8.27. The minimum absolute atomic E-state index is 0.286. The van der Waals surface area contributed by atoms with E-state index in [-0.39, 0.29) is 11.6 Å². The monoisotopic (exact) mass is 158 g/mol. The summed E-state index contributed by atoms with van der Waals surface area (Å²) in [6, 6.07) is 3.84. The molecule has 0 aliphatic rings. The molecule has 0 aromatic heterocycles. The molecule has 1 aromatic carbocycles. The molecule has 0 saturated heterocycles. The molecule has 3 nitrogen and oxygen atoms in total. The van der Waals surface area contributed by atoms with Crippen LogP contribution in [0.15, 0.2) is 18.2 Å². The molecule has 1 aromatic rings. The highest BCUT2D eigenvalue weighted by molar-refractivity contribution is 5.31. The molecule has 0 saturated carbocycles. The van der Waals surface area contributed by atoms with Gasteiger partial charge in [-0.25, -0.2) is 9.65 Å². The highest BCUT2D eigenvalue weighted by Crippen LogP contribution is 2.17. The first-order chi connectivity index (χ1) is 5.24. The van der Waals surface area contributed by atoms with Gasteiger partial charge in [-0.05, 0) is 35.7 Å². The van der Waals surface area contributed by atoms with Crippen LogP contribution in [0.3, 0.4) is 0 Å². The van der Waals surface area contributed by atoms with E-state index in [1.54, 1.807) is 6.92 Å². The first-order valence-corrected chi connectivity index (χ1v) is 2.98. The number of rotatable bonds is 2. The van der Waals surface area contributed by atoms with Crippen molar-refractivity contribution < 1.29 is 19.6 Å². The first kappa shape index (κ1) is 7.97. The minimum atomic E-state index is -0.354. The SMILES string of the molecule is Cc1cc(F)ccc1OOO. The Bertz CT molecular complexity index is 249. The molecule has 11 heavy (non-hydrogen) atoms. The Kier molecular flexibility index (Phi) is 2.40. The number of aryl methyl sites for hydroxylation is 1. The lowest BCUT2D eigenvalue weighted by atomic mass is 10.2. The van der Waals surface area contributed by atoms with Gasteiger partial charge in [0.1, 0.15) is 5.82 Å². The van der Waals surface area contributed by atoms with Crippen molar-refractivity contribution in [1.29, 1.82) is 0 Å². The molecule has 1 N–H and O–H groups in total. The van der Waals surface area contributed by atoms with Crippen LogP contribution in [0.5, 0.6) is 5.75 Å². The van der Waals surface area contributed by atoms with Crippen molar-refractivity contribution in [3.05, 3.63) is 29.6 Å². The van der Waals surface area contributed by atoms with Crippen LogP contribution in [0.25, 0.3) is 0 Å². The fourth-order valence-electron chi connectivity index (χ4n) is 0.746. The van der Waals surface area contributed by atoms with Gasteiger partial charge in [-0.15, -0.1) is 0 Å². The predicted octanol–water partition coefficient (Wildman–Crippen LogP) is 1.92. The van der Waals surface area contributed by atoms with Gasteiger partial charge in [0.15, 0.2) is 5.75 Å². The van der Waals surface area contributed by atoms with Gasteiger partial charge in [-0.3, -0.25) is 0 Å². The third kappa shape index (κ3) is 1.89. The Hall–Kier alpha value is -1.13. The number of benzene rings is 1. The van der Waals surface area contributed by atoms with Gasteiger partial charge in [-0.1, -0.05) is 0 Å². The highest BCUT2D eigenvalue weighted by Gasteiger charge is 2.00. The molecule has 0 aliphatic heterocycles. The molecule has 0 bridgehead atoms. The van der Waals surface area contributed by atoms with Crippen LogP contribution < -0.4 is 4.89 Å². The van der Waals surface area contributed by atoms with Crippen molar-refractivity contribution >= 4 is 0 Å². The van der Waals surface area contributed by atoms with Crippen molar-refractivity contribution in [2.24, 2.45) is 0 Å². The standard InChI is InChI=1S/C7H7FO3/c1-5-4-6(8)2-3-7(5)10-11-9/h2-4,9H,1H3. The Balaban J connectivity index is 2.90. The lowest BCUT2D eigenvalue weighted by Crippen LogP contribution is -1.93. The van der Waals surface area contributed by atoms with Gasteiger partial charge in [0.05, 0.1) is 0 Å². The minimum Gasteiger partial charge on any atom is -0.308 e. The van der Waals surface area contributed by atoms with Gasteiger partial charge < -0.3 is 4.89 Å². The van der Waals surface area contributed by atoms with Gasteiger partial charge in [-0.2, -0.15) is 0 Å². The number of halogens is 1. The molecule has 0 amide bonds. The maximum atomic E-state index is 12.4. The summed E-state index contributed by atoms with van der Waals surface area (Å²) in [5, 5.41) is 11.3. The second-order valence-electron chi connectivity index (χ2n) is 2.07. The van der Waals surface area contributed by atoms with Crippen LogP contribution in [0, 0.1) is 12.7 Å². The van der Waals surface area contributed by atoms with Crippen LogP contribution in [-0.2, 0) is 5.04 Å². The largest absolute Gasteiger partial charge is 0.308 e. The van der Waals surface area contributed by atoms with Crippen molar-refractivity contribution in [2.45, 2.75) is 6.92 Å². The molecular formula is C7H7FO3. The zero-order valence-electron chi connectivity index (χ0n) is 5.87. The molecule has 0 radical (unpaired) electrons. The van der Waals surface area contributed by atoms with Crippen LogP contribution in [-0.4, -0.2) is 5.26 Å². The third-order valence-corrected chi connectivity index (χ3v) is 1.26. The summed E-state index contributed by atoms with van der Waals surface area (Å²) < 4.78 is 12.4. The lowest BCUT2D eigenvalue weighted by molar-refractivity contribution is -0.439. The van der Waals surface area contributed by atoms with Crippen molar-refractivity contribution in [2.75, 3.05) is 0 Å². The Morgan fingerprint density at radius 3 is 2.73 bits per heavy atom. The van der Waals surface area contributed by atoms with Crippen molar-refractivity contribution in [3.63, 3.8) is 0 Å². The predicted molar refractivity (Wildman–Crippen MR) is 35.5 cm³/mol. The summed E-state index contributed by atoms with van der Waals surface area (Å²) >= 11 is 0. The fraction of sp³-hybridized carbons (Fsp3) is 0.143. The number of hydrogen-bond donors (Lipinski definition) is 1. The number of hydrogen-bond acceptors (Lipinski definition) is 3. The molecule has 0 aliphatic carbocycles. The first-order valence-electron chi connectivity index (χ1n) is 2.98. The molecule has 0 atom stereocenters. The zero-order valence-corrected chi connectivity index (χ0v) is 5.87. The van der Waals surface area contributed by atoms with Gasteiger partial charge in [0, 0.05) is 0 Å². The van der Waals surface area contributed by atoms with Gasteiger partial charge in [0.2, 0.25) is 0 Å². The van der Waals surface area contributed by atoms with Crippen LogP contribution in [0.4, 0.5) is 4.39 Å². The van der Waals surface area contributed by atoms with E-state index in [9.17, 15) is 4.39 Å². The summed E-state index contributed by atoms with van der Waals surface area (Å²) in [7, 11) is 0. The molecule has 0 fully saturated rings. The molecule has 4 heteroatoms. The topological polar surface area (TPSA) is 38.7 Å².